The van der Waals surface area contributed by atoms with Crippen molar-refractivity contribution in [2.45, 2.75) is 18.2 Å². The fourth-order valence-electron chi connectivity index (χ4n) is 2.35. The number of halogens is 1. The zero-order valence-electron chi connectivity index (χ0n) is 12.3. The van der Waals surface area contributed by atoms with Gasteiger partial charge in [0.1, 0.15) is 0 Å². The average molecular weight is 384 g/mol. The molecule has 1 aromatic heterocycles. The summed E-state index contributed by atoms with van der Waals surface area (Å²) in [7, 11) is 0. The Morgan fingerprint density at radius 2 is 2.27 bits per heavy atom. The van der Waals surface area contributed by atoms with Crippen LogP contribution in [0.2, 0.25) is 0 Å². The van der Waals surface area contributed by atoms with Crippen LogP contribution in [0.15, 0.2) is 18.2 Å². The molecule has 0 aliphatic carbocycles. The first kappa shape index (κ1) is 15.7. The number of carbonyl (C=O) groups is 1. The van der Waals surface area contributed by atoms with Crippen molar-refractivity contribution >= 4 is 54.2 Å². The number of carbonyl (C=O) groups excluding carboxylic acids is 1. The third-order valence-electron chi connectivity index (χ3n) is 3.62. The molecule has 1 aliphatic heterocycles. The summed E-state index contributed by atoms with van der Waals surface area (Å²) in [5.41, 5.74) is 2.10. The molecule has 1 saturated heterocycles. The van der Waals surface area contributed by atoms with Crippen LogP contribution in [-0.4, -0.2) is 42.0 Å². The van der Waals surface area contributed by atoms with E-state index in [0.717, 1.165) is 42.9 Å². The van der Waals surface area contributed by atoms with E-state index in [1.165, 1.54) is 17.0 Å². The molecule has 7 heteroatoms. The number of morpholine rings is 1. The van der Waals surface area contributed by atoms with E-state index in [2.05, 4.69) is 43.3 Å². The van der Waals surface area contributed by atoms with E-state index in [9.17, 15) is 4.79 Å². The lowest BCUT2D eigenvalue weighted by molar-refractivity contribution is -0.115. The highest BCUT2D eigenvalue weighted by Crippen LogP contribution is 2.30. The molecule has 1 fully saturated rings. The van der Waals surface area contributed by atoms with Crippen molar-refractivity contribution in [1.82, 2.24) is 4.98 Å². The molecule has 1 N–H and O–H groups in total. The number of thiazole rings is 1. The fraction of sp³-hybridized carbons (Fsp3) is 0.467. The second-order valence-corrected chi connectivity index (χ2v) is 7.27. The lowest BCUT2D eigenvalue weighted by atomic mass is 10.2. The number of hydrogen-bond acceptors (Lipinski definition) is 5. The van der Waals surface area contributed by atoms with Gasteiger partial charge >= 0.3 is 0 Å². The number of ether oxygens (including phenoxy) is 1. The predicted molar refractivity (Wildman–Crippen MR) is 94.3 cm³/mol. The van der Waals surface area contributed by atoms with Gasteiger partial charge in [-0.05, 0) is 24.6 Å². The van der Waals surface area contributed by atoms with Crippen LogP contribution in [0.4, 0.5) is 10.8 Å². The van der Waals surface area contributed by atoms with E-state index in [1.54, 1.807) is 0 Å². The topological polar surface area (TPSA) is 54.5 Å². The van der Waals surface area contributed by atoms with Crippen LogP contribution < -0.4 is 10.2 Å². The summed E-state index contributed by atoms with van der Waals surface area (Å²) in [6, 6.07) is 6.23. The lowest BCUT2D eigenvalue weighted by Crippen LogP contribution is -2.36. The summed E-state index contributed by atoms with van der Waals surface area (Å²) in [5, 5.41) is 3.52. The van der Waals surface area contributed by atoms with Crippen molar-refractivity contribution in [1.29, 1.82) is 0 Å². The smallest absolute Gasteiger partial charge is 0.239 e. The maximum absolute atomic E-state index is 11.9. The molecular formula is C15H18BrN3O2S. The number of nitrogens with zero attached hydrogens (tertiary/aromatic N) is 2. The van der Waals surface area contributed by atoms with Crippen LogP contribution in [-0.2, 0) is 9.53 Å². The standard InChI is InChI=1S/C15H18BrN3O2S/c1-2-11(16)14(20)18-15-17-12-4-3-10(9-13(12)22-15)19-5-7-21-8-6-19/h3-4,9,11H,2,5-8H2,1H3,(H,17,18,20)/t11-/m0/s1. The minimum absolute atomic E-state index is 0.0463. The molecule has 2 aromatic rings. The average Bonchev–Trinajstić information content (AvgIpc) is 2.96. The quantitative estimate of drug-likeness (QED) is 0.823. The Labute approximate surface area is 141 Å². The lowest BCUT2D eigenvalue weighted by Gasteiger charge is -2.28. The zero-order chi connectivity index (χ0) is 15.5. The fourth-order valence-corrected chi connectivity index (χ4v) is 3.37. The minimum Gasteiger partial charge on any atom is -0.378 e. The Morgan fingerprint density at radius 3 is 3.00 bits per heavy atom. The van der Waals surface area contributed by atoms with Crippen LogP contribution in [0.3, 0.4) is 0 Å². The first-order valence-corrected chi connectivity index (χ1v) is 9.09. The van der Waals surface area contributed by atoms with Gasteiger partial charge in [-0.2, -0.15) is 0 Å². The highest BCUT2D eigenvalue weighted by Gasteiger charge is 2.16. The number of hydrogen-bond donors (Lipinski definition) is 1. The van der Waals surface area contributed by atoms with E-state index in [4.69, 9.17) is 4.74 Å². The van der Waals surface area contributed by atoms with Crippen LogP contribution in [0.5, 0.6) is 0 Å². The molecule has 22 heavy (non-hydrogen) atoms. The molecule has 0 unspecified atom stereocenters. The van der Waals surface area contributed by atoms with Crippen LogP contribution in [0.25, 0.3) is 10.2 Å². The molecule has 3 rings (SSSR count). The van der Waals surface area contributed by atoms with Gasteiger partial charge < -0.3 is 15.0 Å². The van der Waals surface area contributed by atoms with E-state index in [0.29, 0.717) is 5.13 Å². The van der Waals surface area contributed by atoms with E-state index in [1.807, 2.05) is 13.0 Å². The Balaban J connectivity index is 1.79. The van der Waals surface area contributed by atoms with Gasteiger partial charge in [0.2, 0.25) is 5.91 Å². The van der Waals surface area contributed by atoms with E-state index >= 15 is 0 Å². The molecule has 0 radical (unpaired) electrons. The van der Waals surface area contributed by atoms with Gasteiger partial charge in [-0.25, -0.2) is 4.98 Å². The number of amides is 1. The van der Waals surface area contributed by atoms with Gasteiger partial charge in [0.15, 0.2) is 5.13 Å². The van der Waals surface area contributed by atoms with Gasteiger partial charge in [0.25, 0.3) is 0 Å². The van der Waals surface area contributed by atoms with Gasteiger partial charge in [0.05, 0.1) is 28.3 Å². The first-order valence-electron chi connectivity index (χ1n) is 7.35. The number of nitrogens with one attached hydrogen (secondary N) is 1. The number of benzene rings is 1. The SMILES string of the molecule is CC[C@H](Br)C(=O)Nc1nc2ccc(N3CCOCC3)cc2s1. The second-order valence-electron chi connectivity index (χ2n) is 5.14. The Hall–Kier alpha value is -1.18. The summed E-state index contributed by atoms with van der Waals surface area (Å²) < 4.78 is 6.47. The highest BCUT2D eigenvalue weighted by molar-refractivity contribution is 9.10. The third-order valence-corrected chi connectivity index (χ3v) is 5.62. The zero-order valence-corrected chi connectivity index (χ0v) is 14.7. The minimum atomic E-state index is -0.177. The summed E-state index contributed by atoms with van der Waals surface area (Å²) in [5.74, 6) is -0.0463. The van der Waals surface area contributed by atoms with Gasteiger partial charge in [0, 0.05) is 18.8 Å². The summed E-state index contributed by atoms with van der Waals surface area (Å²) in [6.07, 6.45) is 0.748. The van der Waals surface area contributed by atoms with Crippen molar-refractivity contribution < 1.29 is 9.53 Å². The Bertz CT molecular complexity index is 670. The van der Waals surface area contributed by atoms with Gasteiger partial charge in [-0.1, -0.05) is 34.2 Å². The number of fused-ring (bicyclic) bond motifs is 1. The van der Waals surface area contributed by atoms with Crippen molar-refractivity contribution in [3.63, 3.8) is 0 Å². The monoisotopic (exact) mass is 383 g/mol. The summed E-state index contributed by atoms with van der Waals surface area (Å²) in [4.78, 5) is 18.5. The molecule has 1 atom stereocenters. The van der Waals surface area contributed by atoms with Crippen LogP contribution in [0, 0.1) is 0 Å². The van der Waals surface area contributed by atoms with Crippen molar-refractivity contribution in [3.8, 4) is 0 Å². The van der Waals surface area contributed by atoms with Crippen molar-refractivity contribution in [2.75, 3.05) is 36.5 Å². The van der Waals surface area contributed by atoms with E-state index in [-0.39, 0.29) is 10.7 Å². The summed E-state index contributed by atoms with van der Waals surface area (Å²) >= 11 is 4.86. The molecule has 2 heterocycles. The molecule has 0 spiro atoms. The third kappa shape index (κ3) is 3.42. The normalized spacial score (nSPS) is 16.7. The highest BCUT2D eigenvalue weighted by atomic mass is 79.9. The summed E-state index contributed by atoms with van der Waals surface area (Å²) in [6.45, 7) is 5.33. The Morgan fingerprint density at radius 1 is 1.50 bits per heavy atom. The van der Waals surface area contributed by atoms with Gasteiger partial charge in [-0.15, -0.1) is 0 Å². The molecule has 1 aliphatic rings. The van der Waals surface area contributed by atoms with Crippen LogP contribution in [0.1, 0.15) is 13.3 Å². The molecule has 1 aromatic carbocycles. The largest absolute Gasteiger partial charge is 0.378 e. The maximum atomic E-state index is 11.9. The number of aromatic nitrogens is 1. The van der Waals surface area contributed by atoms with E-state index < -0.39 is 0 Å². The Kier molecular flexibility index (Phi) is 4.95. The number of alkyl halides is 1. The van der Waals surface area contributed by atoms with Crippen molar-refractivity contribution in [3.05, 3.63) is 18.2 Å². The predicted octanol–water partition coefficient (Wildman–Crippen LogP) is 3.24. The molecule has 1 amide bonds. The number of rotatable bonds is 4. The maximum Gasteiger partial charge on any atom is 0.239 e. The molecule has 118 valence electrons. The number of anilines is 2. The molecule has 0 saturated carbocycles. The molecule has 0 bridgehead atoms. The van der Waals surface area contributed by atoms with Gasteiger partial charge in [-0.3, -0.25) is 4.79 Å². The first-order chi connectivity index (χ1) is 10.7. The van der Waals surface area contributed by atoms with Crippen LogP contribution >= 0.6 is 27.3 Å². The van der Waals surface area contributed by atoms with Crippen molar-refractivity contribution in [2.24, 2.45) is 0 Å². The molecular weight excluding hydrogens is 366 g/mol. The molecule has 5 nitrogen and oxygen atoms in total. The second kappa shape index (κ2) is 6.93.